The van der Waals surface area contributed by atoms with Crippen molar-refractivity contribution in [1.82, 2.24) is 9.97 Å². The van der Waals surface area contributed by atoms with Crippen molar-refractivity contribution in [3.63, 3.8) is 0 Å². The van der Waals surface area contributed by atoms with Gasteiger partial charge in [0.15, 0.2) is 5.96 Å². The van der Waals surface area contributed by atoms with Gasteiger partial charge in [0.1, 0.15) is 5.82 Å². The predicted molar refractivity (Wildman–Crippen MR) is 82.6 cm³/mol. The number of aromatic nitrogens is 2. The minimum atomic E-state index is -0.00612. The normalized spacial score (nSPS) is 10.2. The SMILES string of the molecule is Cc1cc(N)nc(NC(=N)Nc2ccc(Cl)c(Cl)c2)n1. The van der Waals surface area contributed by atoms with Crippen molar-refractivity contribution in [2.45, 2.75) is 6.92 Å². The van der Waals surface area contributed by atoms with Gasteiger partial charge in [-0.1, -0.05) is 23.2 Å². The van der Waals surface area contributed by atoms with Crippen LogP contribution in [0.1, 0.15) is 5.69 Å². The number of nitrogens with zero attached hydrogens (tertiary/aromatic N) is 2. The van der Waals surface area contributed by atoms with Gasteiger partial charge in [-0.25, -0.2) is 4.98 Å². The second-order valence-corrected chi connectivity index (χ2v) is 4.83. The summed E-state index contributed by atoms with van der Waals surface area (Å²) in [7, 11) is 0. The molecule has 0 unspecified atom stereocenters. The van der Waals surface area contributed by atoms with E-state index < -0.39 is 0 Å². The molecule has 0 aliphatic heterocycles. The maximum absolute atomic E-state index is 7.81. The number of nitrogens with one attached hydrogen (secondary N) is 3. The Bertz CT molecular complexity index is 638. The Morgan fingerprint density at radius 1 is 1.15 bits per heavy atom. The molecule has 0 bridgehead atoms. The highest BCUT2D eigenvalue weighted by molar-refractivity contribution is 6.42. The van der Waals surface area contributed by atoms with Crippen molar-refractivity contribution < 1.29 is 0 Å². The summed E-state index contributed by atoms with van der Waals surface area (Å²) >= 11 is 11.7. The summed E-state index contributed by atoms with van der Waals surface area (Å²) in [4.78, 5) is 8.09. The summed E-state index contributed by atoms with van der Waals surface area (Å²) in [6.07, 6.45) is 0. The number of hydrogen-bond acceptors (Lipinski definition) is 4. The molecule has 1 heterocycles. The molecule has 0 radical (unpaired) electrons. The minimum Gasteiger partial charge on any atom is -0.384 e. The molecule has 0 saturated carbocycles. The van der Waals surface area contributed by atoms with Crippen LogP contribution >= 0.6 is 23.2 Å². The molecule has 1 aromatic carbocycles. The molecule has 0 spiro atoms. The topological polar surface area (TPSA) is 99.7 Å². The average Bonchev–Trinajstić information content (AvgIpc) is 2.32. The Morgan fingerprint density at radius 2 is 1.90 bits per heavy atom. The van der Waals surface area contributed by atoms with Crippen LogP contribution in [-0.2, 0) is 0 Å². The highest BCUT2D eigenvalue weighted by Gasteiger charge is 2.05. The fourth-order valence-corrected chi connectivity index (χ4v) is 1.81. The zero-order valence-electron chi connectivity index (χ0n) is 10.5. The number of benzene rings is 1. The first-order valence-corrected chi connectivity index (χ1v) is 6.38. The molecule has 0 fully saturated rings. The third kappa shape index (κ3) is 3.72. The van der Waals surface area contributed by atoms with Crippen molar-refractivity contribution in [3.05, 3.63) is 40.0 Å². The summed E-state index contributed by atoms with van der Waals surface area (Å²) in [5.74, 6) is 0.579. The van der Waals surface area contributed by atoms with Gasteiger partial charge in [0.2, 0.25) is 5.95 Å². The third-order valence-corrected chi connectivity index (χ3v) is 3.04. The molecule has 0 saturated heterocycles. The number of nitrogen functional groups attached to an aromatic ring is 1. The first-order chi connectivity index (χ1) is 9.44. The van der Waals surface area contributed by atoms with Gasteiger partial charge < -0.3 is 11.1 Å². The van der Waals surface area contributed by atoms with Crippen molar-refractivity contribution in [2.75, 3.05) is 16.4 Å². The number of halogens is 2. The summed E-state index contributed by atoms with van der Waals surface area (Å²) in [6, 6.07) is 6.60. The monoisotopic (exact) mass is 310 g/mol. The van der Waals surface area contributed by atoms with Crippen LogP contribution in [0.2, 0.25) is 10.0 Å². The Morgan fingerprint density at radius 3 is 2.55 bits per heavy atom. The molecule has 2 aromatic rings. The third-order valence-electron chi connectivity index (χ3n) is 2.30. The van der Waals surface area contributed by atoms with Crippen molar-refractivity contribution in [1.29, 1.82) is 5.41 Å². The maximum Gasteiger partial charge on any atom is 0.231 e. The van der Waals surface area contributed by atoms with E-state index >= 15 is 0 Å². The molecule has 5 N–H and O–H groups in total. The number of aryl methyl sites for hydroxylation is 1. The minimum absolute atomic E-state index is 0.00612. The Hall–Kier alpha value is -2.05. The fourth-order valence-electron chi connectivity index (χ4n) is 1.51. The zero-order valence-corrected chi connectivity index (χ0v) is 12.0. The van der Waals surface area contributed by atoms with Crippen LogP contribution in [0.25, 0.3) is 0 Å². The van der Waals surface area contributed by atoms with E-state index in [1.165, 1.54) is 0 Å². The maximum atomic E-state index is 7.81. The van der Waals surface area contributed by atoms with Gasteiger partial charge in [0.25, 0.3) is 0 Å². The van der Waals surface area contributed by atoms with Crippen LogP contribution in [0.15, 0.2) is 24.3 Å². The molecule has 0 aliphatic rings. The second-order valence-electron chi connectivity index (χ2n) is 4.01. The molecule has 2 rings (SSSR count). The summed E-state index contributed by atoms with van der Waals surface area (Å²) in [6.45, 7) is 1.79. The zero-order chi connectivity index (χ0) is 14.7. The predicted octanol–water partition coefficient (Wildman–Crippen LogP) is 3.13. The van der Waals surface area contributed by atoms with E-state index in [4.69, 9.17) is 34.3 Å². The Balaban J connectivity index is 2.06. The second kappa shape index (κ2) is 5.94. The molecule has 0 aliphatic carbocycles. The Kier molecular flexibility index (Phi) is 4.26. The van der Waals surface area contributed by atoms with Crippen LogP contribution in [-0.4, -0.2) is 15.9 Å². The van der Waals surface area contributed by atoms with E-state index in [-0.39, 0.29) is 11.9 Å². The summed E-state index contributed by atoms with van der Waals surface area (Å²) in [5, 5.41) is 14.2. The van der Waals surface area contributed by atoms with Crippen LogP contribution in [0.4, 0.5) is 17.5 Å². The van der Waals surface area contributed by atoms with Gasteiger partial charge in [-0.05, 0) is 25.1 Å². The Labute approximate surface area is 125 Å². The summed E-state index contributed by atoms with van der Waals surface area (Å²) in [5.41, 5.74) is 6.94. The van der Waals surface area contributed by atoms with E-state index in [0.29, 0.717) is 27.2 Å². The van der Waals surface area contributed by atoms with Gasteiger partial charge in [0, 0.05) is 17.4 Å². The first-order valence-electron chi connectivity index (χ1n) is 5.63. The van der Waals surface area contributed by atoms with Crippen LogP contribution in [0.3, 0.4) is 0 Å². The number of anilines is 3. The number of rotatable bonds is 2. The smallest absolute Gasteiger partial charge is 0.231 e. The summed E-state index contributed by atoms with van der Waals surface area (Å²) < 4.78 is 0. The molecule has 8 heteroatoms. The first kappa shape index (κ1) is 14.4. The van der Waals surface area contributed by atoms with E-state index in [0.717, 1.165) is 0 Å². The van der Waals surface area contributed by atoms with Gasteiger partial charge in [-0.2, -0.15) is 4.98 Å². The van der Waals surface area contributed by atoms with Crippen molar-refractivity contribution in [2.24, 2.45) is 0 Å². The molecule has 0 atom stereocenters. The molecular weight excluding hydrogens is 299 g/mol. The molecule has 20 heavy (non-hydrogen) atoms. The largest absolute Gasteiger partial charge is 0.384 e. The number of nitrogens with two attached hydrogens (primary N) is 1. The molecular formula is C12H12Cl2N6. The molecule has 104 valence electrons. The van der Waals surface area contributed by atoms with Gasteiger partial charge >= 0.3 is 0 Å². The van der Waals surface area contributed by atoms with Gasteiger partial charge in [-0.3, -0.25) is 10.7 Å². The van der Waals surface area contributed by atoms with Crippen LogP contribution < -0.4 is 16.4 Å². The fraction of sp³-hybridized carbons (Fsp3) is 0.0833. The van der Waals surface area contributed by atoms with E-state index in [2.05, 4.69) is 20.6 Å². The van der Waals surface area contributed by atoms with Gasteiger partial charge in [0.05, 0.1) is 10.0 Å². The van der Waals surface area contributed by atoms with Crippen LogP contribution in [0.5, 0.6) is 0 Å². The van der Waals surface area contributed by atoms with Crippen molar-refractivity contribution in [3.8, 4) is 0 Å². The lowest BCUT2D eigenvalue weighted by atomic mass is 10.3. The van der Waals surface area contributed by atoms with E-state index in [1.54, 1.807) is 31.2 Å². The number of guanidine groups is 1. The standard InChI is InChI=1S/C12H12Cl2N6/c1-6-4-10(15)19-12(17-6)20-11(16)18-7-2-3-8(13)9(14)5-7/h2-5H,1H3,(H5,15,16,17,18,19,20). The molecule has 0 amide bonds. The lowest BCUT2D eigenvalue weighted by Crippen LogP contribution is -2.22. The highest BCUT2D eigenvalue weighted by Crippen LogP contribution is 2.24. The quantitative estimate of drug-likeness (QED) is 0.504. The van der Waals surface area contributed by atoms with E-state index in [9.17, 15) is 0 Å². The average molecular weight is 311 g/mol. The highest BCUT2D eigenvalue weighted by atomic mass is 35.5. The molecule has 1 aromatic heterocycles. The number of hydrogen-bond donors (Lipinski definition) is 4. The lowest BCUT2D eigenvalue weighted by Gasteiger charge is -2.10. The van der Waals surface area contributed by atoms with Crippen LogP contribution in [0, 0.1) is 12.3 Å². The van der Waals surface area contributed by atoms with Crippen molar-refractivity contribution >= 4 is 46.6 Å². The van der Waals surface area contributed by atoms with Gasteiger partial charge in [-0.15, -0.1) is 0 Å². The lowest BCUT2D eigenvalue weighted by molar-refractivity contribution is 1.12. The molecule has 6 nitrogen and oxygen atoms in total. The van der Waals surface area contributed by atoms with E-state index in [1.807, 2.05) is 0 Å².